The summed E-state index contributed by atoms with van der Waals surface area (Å²) in [6.07, 6.45) is 1.68. The summed E-state index contributed by atoms with van der Waals surface area (Å²) >= 11 is 0. The van der Waals surface area contributed by atoms with E-state index in [0.717, 1.165) is 11.3 Å². The molecule has 1 atom stereocenters. The van der Waals surface area contributed by atoms with Crippen LogP contribution < -0.4 is 5.73 Å². The molecule has 1 unspecified atom stereocenters. The van der Waals surface area contributed by atoms with Crippen molar-refractivity contribution in [2.45, 2.75) is 6.04 Å². The Morgan fingerprint density at radius 1 is 1.18 bits per heavy atom. The summed E-state index contributed by atoms with van der Waals surface area (Å²) < 4.78 is 0. The fourth-order valence-corrected chi connectivity index (χ4v) is 1.56. The molecule has 2 aromatic rings. The normalized spacial score (nSPS) is 12.1. The van der Waals surface area contributed by atoms with Crippen LogP contribution in [0.1, 0.15) is 27.7 Å². The Kier molecular flexibility index (Phi) is 3.16. The summed E-state index contributed by atoms with van der Waals surface area (Å²) in [5, 5.41) is 8.79. The Labute approximate surface area is 98.7 Å². The highest BCUT2D eigenvalue weighted by molar-refractivity contribution is 5.87. The van der Waals surface area contributed by atoms with Crippen molar-refractivity contribution < 1.29 is 9.90 Å². The van der Waals surface area contributed by atoms with Crippen LogP contribution in [0, 0.1) is 0 Å². The third-order valence-electron chi connectivity index (χ3n) is 2.52. The standard InChI is InChI=1S/C13H12N2O2/c14-12(11-3-1-2-8-15-11)9-4-6-10(7-5-9)13(16)17/h1-8,12H,14H2,(H,16,17). The van der Waals surface area contributed by atoms with Gasteiger partial charge >= 0.3 is 5.97 Å². The first-order valence-corrected chi connectivity index (χ1v) is 5.18. The second kappa shape index (κ2) is 4.76. The highest BCUT2D eigenvalue weighted by atomic mass is 16.4. The minimum atomic E-state index is -0.942. The summed E-state index contributed by atoms with van der Waals surface area (Å²) in [5.74, 6) is -0.942. The number of carbonyl (C=O) groups is 1. The van der Waals surface area contributed by atoms with Crippen LogP contribution in [0.2, 0.25) is 0 Å². The van der Waals surface area contributed by atoms with Gasteiger partial charge in [0.15, 0.2) is 0 Å². The van der Waals surface area contributed by atoms with Gasteiger partial charge in [-0.05, 0) is 29.8 Å². The Balaban J connectivity index is 2.26. The lowest BCUT2D eigenvalue weighted by Gasteiger charge is -2.11. The average molecular weight is 228 g/mol. The fourth-order valence-electron chi connectivity index (χ4n) is 1.56. The number of carboxylic acids is 1. The number of nitrogens with two attached hydrogens (primary N) is 1. The molecular weight excluding hydrogens is 216 g/mol. The minimum absolute atomic E-state index is 0.252. The number of carboxylic acid groups (broad SMARTS) is 1. The Hall–Kier alpha value is -2.20. The van der Waals surface area contributed by atoms with E-state index in [2.05, 4.69) is 4.98 Å². The molecule has 0 bridgehead atoms. The molecule has 0 aliphatic carbocycles. The molecule has 0 saturated carbocycles. The zero-order valence-corrected chi connectivity index (χ0v) is 9.08. The van der Waals surface area contributed by atoms with Gasteiger partial charge in [0, 0.05) is 6.20 Å². The molecule has 3 N–H and O–H groups in total. The number of hydrogen-bond donors (Lipinski definition) is 2. The largest absolute Gasteiger partial charge is 0.478 e. The van der Waals surface area contributed by atoms with Crippen molar-refractivity contribution in [3.8, 4) is 0 Å². The van der Waals surface area contributed by atoms with Crippen LogP contribution in [-0.4, -0.2) is 16.1 Å². The van der Waals surface area contributed by atoms with Gasteiger partial charge in [0.1, 0.15) is 0 Å². The number of aromatic carboxylic acids is 1. The fraction of sp³-hybridized carbons (Fsp3) is 0.0769. The van der Waals surface area contributed by atoms with Gasteiger partial charge in [0.05, 0.1) is 17.3 Å². The SMILES string of the molecule is NC(c1ccc(C(=O)O)cc1)c1ccccn1. The number of hydrogen-bond acceptors (Lipinski definition) is 3. The summed E-state index contributed by atoms with van der Waals surface area (Å²) in [5.41, 5.74) is 7.89. The Bertz CT molecular complexity index is 509. The molecule has 0 saturated heterocycles. The Morgan fingerprint density at radius 3 is 2.41 bits per heavy atom. The van der Waals surface area contributed by atoms with E-state index in [4.69, 9.17) is 10.8 Å². The van der Waals surface area contributed by atoms with Gasteiger partial charge in [0.2, 0.25) is 0 Å². The van der Waals surface area contributed by atoms with E-state index in [1.165, 1.54) is 0 Å². The van der Waals surface area contributed by atoms with Crippen molar-refractivity contribution in [3.05, 3.63) is 65.5 Å². The lowest BCUT2D eigenvalue weighted by molar-refractivity contribution is 0.0697. The third-order valence-corrected chi connectivity index (χ3v) is 2.52. The first kappa shape index (κ1) is 11.3. The lowest BCUT2D eigenvalue weighted by atomic mass is 10.0. The second-order valence-corrected chi connectivity index (χ2v) is 3.66. The number of aromatic nitrogens is 1. The summed E-state index contributed by atoms with van der Waals surface area (Å²) in [7, 11) is 0. The summed E-state index contributed by atoms with van der Waals surface area (Å²) in [4.78, 5) is 14.9. The molecule has 1 heterocycles. The van der Waals surface area contributed by atoms with E-state index in [0.29, 0.717) is 0 Å². The van der Waals surface area contributed by atoms with E-state index in [1.807, 2.05) is 18.2 Å². The number of rotatable bonds is 3. The molecule has 17 heavy (non-hydrogen) atoms. The lowest BCUT2D eigenvalue weighted by Crippen LogP contribution is -2.13. The molecule has 4 nitrogen and oxygen atoms in total. The van der Waals surface area contributed by atoms with Crippen LogP contribution >= 0.6 is 0 Å². The van der Waals surface area contributed by atoms with Crippen LogP contribution in [0.5, 0.6) is 0 Å². The molecule has 1 aromatic carbocycles. The first-order valence-electron chi connectivity index (χ1n) is 5.18. The second-order valence-electron chi connectivity index (χ2n) is 3.66. The maximum atomic E-state index is 10.7. The first-order chi connectivity index (χ1) is 8.18. The molecule has 86 valence electrons. The molecule has 0 radical (unpaired) electrons. The third kappa shape index (κ3) is 2.49. The van der Waals surface area contributed by atoms with Crippen molar-refractivity contribution in [1.82, 2.24) is 4.98 Å². The van der Waals surface area contributed by atoms with Gasteiger partial charge in [-0.3, -0.25) is 4.98 Å². The van der Waals surface area contributed by atoms with Crippen LogP contribution in [0.15, 0.2) is 48.7 Å². The maximum Gasteiger partial charge on any atom is 0.335 e. The van der Waals surface area contributed by atoms with E-state index in [9.17, 15) is 4.79 Å². The number of pyridine rings is 1. The van der Waals surface area contributed by atoms with Crippen molar-refractivity contribution in [2.75, 3.05) is 0 Å². The van der Waals surface area contributed by atoms with Gasteiger partial charge in [-0.1, -0.05) is 18.2 Å². The van der Waals surface area contributed by atoms with Crippen molar-refractivity contribution >= 4 is 5.97 Å². The van der Waals surface area contributed by atoms with Gasteiger partial charge in [-0.25, -0.2) is 4.79 Å². The molecule has 0 aliphatic rings. The van der Waals surface area contributed by atoms with Crippen LogP contribution in [0.3, 0.4) is 0 Å². The predicted molar refractivity (Wildman–Crippen MR) is 63.7 cm³/mol. The van der Waals surface area contributed by atoms with Gasteiger partial charge in [-0.15, -0.1) is 0 Å². The smallest absolute Gasteiger partial charge is 0.335 e. The molecule has 0 amide bonds. The monoisotopic (exact) mass is 228 g/mol. The highest BCUT2D eigenvalue weighted by Crippen LogP contribution is 2.17. The zero-order chi connectivity index (χ0) is 12.3. The maximum absolute atomic E-state index is 10.7. The molecule has 0 spiro atoms. The molecule has 1 aromatic heterocycles. The minimum Gasteiger partial charge on any atom is -0.478 e. The van der Waals surface area contributed by atoms with Crippen molar-refractivity contribution in [1.29, 1.82) is 0 Å². The van der Waals surface area contributed by atoms with Crippen LogP contribution in [-0.2, 0) is 0 Å². The van der Waals surface area contributed by atoms with Crippen LogP contribution in [0.4, 0.5) is 0 Å². The van der Waals surface area contributed by atoms with Gasteiger partial charge in [-0.2, -0.15) is 0 Å². The van der Waals surface area contributed by atoms with E-state index < -0.39 is 5.97 Å². The molecule has 2 rings (SSSR count). The molecular formula is C13H12N2O2. The molecule has 0 fully saturated rings. The topological polar surface area (TPSA) is 76.2 Å². The van der Waals surface area contributed by atoms with E-state index in [1.54, 1.807) is 30.5 Å². The van der Waals surface area contributed by atoms with Gasteiger partial charge < -0.3 is 10.8 Å². The quantitative estimate of drug-likeness (QED) is 0.840. The summed E-state index contributed by atoms with van der Waals surface area (Å²) in [6.45, 7) is 0. The van der Waals surface area contributed by atoms with Crippen molar-refractivity contribution in [3.63, 3.8) is 0 Å². The number of benzene rings is 1. The summed E-state index contributed by atoms with van der Waals surface area (Å²) in [6, 6.07) is 11.7. The predicted octanol–water partition coefficient (Wildman–Crippen LogP) is 1.83. The Morgan fingerprint density at radius 2 is 1.88 bits per heavy atom. The van der Waals surface area contributed by atoms with E-state index in [-0.39, 0.29) is 11.6 Å². The molecule has 0 aliphatic heterocycles. The van der Waals surface area contributed by atoms with Crippen LogP contribution in [0.25, 0.3) is 0 Å². The highest BCUT2D eigenvalue weighted by Gasteiger charge is 2.10. The molecule has 4 heteroatoms. The van der Waals surface area contributed by atoms with E-state index >= 15 is 0 Å². The van der Waals surface area contributed by atoms with Gasteiger partial charge in [0.25, 0.3) is 0 Å². The zero-order valence-electron chi connectivity index (χ0n) is 9.08. The number of nitrogens with zero attached hydrogens (tertiary/aromatic N) is 1. The van der Waals surface area contributed by atoms with Crippen molar-refractivity contribution in [2.24, 2.45) is 5.73 Å². The average Bonchev–Trinajstić information content (AvgIpc) is 2.39.